The van der Waals surface area contributed by atoms with E-state index in [1.165, 1.54) is 6.92 Å². The maximum atomic E-state index is 12.7. The Balaban J connectivity index is 3.33. The molecule has 0 fully saturated rings. The van der Waals surface area contributed by atoms with E-state index in [9.17, 15) is 26.3 Å². The molecule has 1 aromatic rings. The Bertz CT molecular complexity index is 450. The van der Waals surface area contributed by atoms with Crippen molar-refractivity contribution in [3.8, 4) is 11.5 Å². The van der Waals surface area contributed by atoms with Gasteiger partial charge in [-0.15, -0.1) is 13.2 Å². The van der Waals surface area contributed by atoms with Crippen LogP contribution >= 0.6 is 0 Å². The second-order valence-corrected chi connectivity index (χ2v) is 3.57. The Kier molecular flexibility index (Phi) is 4.21. The van der Waals surface area contributed by atoms with Gasteiger partial charge in [-0.2, -0.15) is 13.2 Å². The zero-order valence-corrected chi connectivity index (χ0v) is 9.95. The molecule has 0 saturated heterocycles. The van der Waals surface area contributed by atoms with Gasteiger partial charge in [0, 0.05) is 11.6 Å². The maximum absolute atomic E-state index is 12.7. The van der Waals surface area contributed by atoms with Crippen molar-refractivity contribution in [3.63, 3.8) is 0 Å². The normalized spacial score (nSPS) is 12.4. The predicted octanol–water partition coefficient (Wildman–Crippen LogP) is 4.31. The third-order valence-electron chi connectivity index (χ3n) is 2.18. The minimum Gasteiger partial charge on any atom is -0.494 e. The van der Waals surface area contributed by atoms with Crippen molar-refractivity contribution in [2.75, 3.05) is 6.61 Å². The summed E-state index contributed by atoms with van der Waals surface area (Å²) in [4.78, 5) is 0. The molecule has 2 nitrogen and oxygen atoms in total. The minimum absolute atomic E-state index is 0.0197. The van der Waals surface area contributed by atoms with Crippen LogP contribution in [0, 0.1) is 6.92 Å². The number of alkyl halides is 6. The molecule has 0 spiro atoms. The van der Waals surface area contributed by atoms with Crippen LogP contribution in [0.2, 0.25) is 0 Å². The number of hydrogen-bond donors (Lipinski definition) is 0. The zero-order valence-electron chi connectivity index (χ0n) is 9.95. The average Bonchev–Trinajstić information content (AvgIpc) is 2.19. The minimum atomic E-state index is -5.07. The highest BCUT2D eigenvalue weighted by atomic mass is 19.4. The van der Waals surface area contributed by atoms with Crippen LogP contribution in [0.4, 0.5) is 26.3 Å². The van der Waals surface area contributed by atoms with Crippen LogP contribution in [-0.2, 0) is 6.18 Å². The molecule has 1 aromatic carbocycles. The topological polar surface area (TPSA) is 18.5 Å². The second kappa shape index (κ2) is 5.18. The van der Waals surface area contributed by atoms with E-state index in [-0.39, 0.29) is 12.4 Å². The van der Waals surface area contributed by atoms with E-state index in [4.69, 9.17) is 4.74 Å². The Morgan fingerprint density at radius 3 is 2.05 bits per heavy atom. The molecular formula is C11H10F6O2. The molecule has 0 aliphatic rings. The van der Waals surface area contributed by atoms with Crippen molar-refractivity contribution >= 4 is 0 Å². The first-order chi connectivity index (χ1) is 8.54. The molecule has 0 unspecified atom stereocenters. The van der Waals surface area contributed by atoms with Gasteiger partial charge in [-0.25, -0.2) is 0 Å². The molecule has 1 rings (SSSR count). The first-order valence-electron chi connectivity index (χ1n) is 5.15. The lowest BCUT2D eigenvalue weighted by molar-refractivity contribution is -0.275. The highest BCUT2D eigenvalue weighted by Gasteiger charge is 2.37. The highest BCUT2D eigenvalue weighted by Crippen LogP contribution is 2.40. The lowest BCUT2D eigenvalue weighted by Gasteiger charge is -2.17. The van der Waals surface area contributed by atoms with Crippen LogP contribution in [-0.4, -0.2) is 13.0 Å². The van der Waals surface area contributed by atoms with Gasteiger partial charge in [0.1, 0.15) is 11.5 Å². The Hall–Kier alpha value is -1.60. The summed E-state index contributed by atoms with van der Waals surface area (Å²) in [5, 5.41) is 0. The SMILES string of the molecule is CCOc1cc(OC(F)(F)F)c(C)c(C(F)(F)F)c1. The molecule has 0 aromatic heterocycles. The molecule has 0 bridgehead atoms. The molecular weight excluding hydrogens is 278 g/mol. The molecule has 0 atom stereocenters. The van der Waals surface area contributed by atoms with Crippen molar-refractivity contribution in [2.24, 2.45) is 0 Å². The summed E-state index contributed by atoms with van der Waals surface area (Å²) in [7, 11) is 0. The van der Waals surface area contributed by atoms with Crippen LogP contribution < -0.4 is 9.47 Å². The molecule has 0 saturated carbocycles. The van der Waals surface area contributed by atoms with Gasteiger partial charge in [-0.1, -0.05) is 0 Å². The molecule has 108 valence electrons. The Morgan fingerprint density at radius 1 is 1.05 bits per heavy atom. The first kappa shape index (κ1) is 15.5. The molecule has 0 N–H and O–H groups in total. The Morgan fingerprint density at radius 2 is 1.63 bits per heavy atom. The summed E-state index contributed by atoms with van der Waals surface area (Å²) in [6, 6.07) is 1.42. The van der Waals surface area contributed by atoms with Gasteiger partial charge >= 0.3 is 12.5 Å². The van der Waals surface area contributed by atoms with E-state index in [1.807, 2.05) is 0 Å². The van der Waals surface area contributed by atoms with E-state index >= 15 is 0 Å². The van der Waals surface area contributed by atoms with Gasteiger partial charge < -0.3 is 9.47 Å². The summed E-state index contributed by atoms with van der Waals surface area (Å²) in [5.41, 5.74) is -1.87. The molecule has 0 aliphatic heterocycles. The van der Waals surface area contributed by atoms with Gasteiger partial charge in [-0.3, -0.25) is 0 Å². The zero-order chi connectivity index (χ0) is 14.8. The summed E-state index contributed by atoms with van der Waals surface area (Å²) in [6.07, 6.45) is -9.86. The largest absolute Gasteiger partial charge is 0.573 e. The van der Waals surface area contributed by atoms with Gasteiger partial charge in [0.05, 0.1) is 12.2 Å². The summed E-state index contributed by atoms with van der Waals surface area (Å²) < 4.78 is 82.8. The quantitative estimate of drug-likeness (QED) is 0.771. The first-order valence-corrected chi connectivity index (χ1v) is 5.15. The van der Waals surface area contributed by atoms with Crippen LogP contribution in [0.5, 0.6) is 11.5 Å². The summed E-state index contributed by atoms with van der Waals surface area (Å²) in [5.74, 6) is -1.26. The van der Waals surface area contributed by atoms with Gasteiger partial charge in [0.15, 0.2) is 0 Å². The number of hydrogen-bond acceptors (Lipinski definition) is 2. The van der Waals surface area contributed by atoms with E-state index in [2.05, 4.69) is 4.74 Å². The van der Waals surface area contributed by atoms with Crippen molar-refractivity contribution in [3.05, 3.63) is 23.3 Å². The Labute approximate surface area is 104 Å². The fraction of sp³-hybridized carbons (Fsp3) is 0.455. The van der Waals surface area contributed by atoms with Crippen LogP contribution in [0.25, 0.3) is 0 Å². The van der Waals surface area contributed by atoms with Crippen LogP contribution in [0.3, 0.4) is 0 Å². The maximum Gasteiger partial charge on any atom is 0.573 e. The number of halogens is 6. The van der Waals surface area contributed by atoms with Crippen molar-refractivity contribution in [2.45, 2.75) is 26.4 Å². The third kappa shape index (κ3) is 4.22. The average molecular weight is 288 g/mol. The smallest absolute Gasteiger partial charge is 0.494 e. The molecule has 0 radical (unpaired) electrons. The highest BCUT2D eigenvalue weighted by molar-refractivity contribution is 5.47. The van der Waals surface area contributed by atoms with Gasteiger partial charge in [-0.05, 0) is 19.9 Å². The molecule has 0 aliphatic carbocycles. The number of ether oxygens (including phenoxy) is 2. The van der Waals surface area contributed by atoms with E-state index in [1.54, 1.807) is 0 Å². The summed E-state index contributed by atoms with van der Waals surface area (Å²) >= 11 is 0. The van der Waals surface area contributed by atoms with Crippen molar-refractivity contribution in [1.29, 1.82) is 0 Å². The van der Waals surface area contributed by atoms with E-state index < -0.39 is 29.4 Å². The van der Waals surface area contributed by atoms with Crippen LogP contribution in [0.1, 0.15) is 18.1 Å². The molecule has 0 heterocycles. The lowest BCUT2D eigenvalue weighted by atomic mass is 10.1. The van der Waals surface area contributed by atoms with Gasteiger partial charge in [0.25, 0.3) is 0 Å². The van der Waals surface area contributed by atoms with Crippen LogP contribution in [0.15, 0.2) is 12.1 Å². The third-order valence-corrected chi connectivity index (χ3v) is 2.18. The van der Waals surface area contributed by atoms with Crippen molar-refractivity contribution < 1.29 is 35.8 Å². The van der Waals surface area contributed by atoms with E-state index in [0.717, 1.165) is 13.0 Å². The lowest BCUT2D eigenvalue weighted by Crippen LogP contribution is -2.19. The van der Waals surface area contributed by atoms with Crippen molar-refractivity contribution in [1.82, 2.24) is 0 Å². The predicted molar refractivity (Wildman–Crippen MR) is 54.0 cm³/mol. The number of benzene rings is 1. The standard InChI is InChI=1S/C11H10F6O2/c1-3-18-7-4-8(10(12,13)14)6(2)9(5-7)19-11(15,16)17/h4-5H,3H2,1-2H3. The molecule has 0 amide bonds. The van der Waals surface area contributed by atoms with E-state index in [0.29, 0.717) is 6.07 Å². The number of rotatable bonds is 3. The molecule has 19 heavy (non-hydrogen) atoms. The fourth-order valence-electron chi connectivity index (χ4n) is 1.44. The van der Waals surface area contributed by atoms with Gasteiger partial charge in [0.2, 0.25) is 0 Å². The second-order valence-electron chi connectivity index (χ2n) is 3.57. The molecule has 8 heteroatoms. The monoisotopic (exact) mass is 288 g/mol. The summed E-state index contributed by atoms with van der Waals surface area (Å²) in [6.45, 7) is 2.42. The fourth-order valence-corrected chi connectivity index (χ4v) is 1.44.